The van der Waals surface area contributed by atoms with Gasteiger partial charge in [-0.25, -0.2) is 23.7 Å². The molecule has 1 saturated heterocycles. The summed E-state index contributed by atoms with van der Waals surface area (Å²) >= 11 is 5.94. The highest BCUT2D eigenvalue weighted by Crippen LogP contribution is 2.20. The molecule has 0 bridgehead atoms. The first kappa shape index (κ1) is 17.1. The van der Waals surface area contributed by atoms with Gasteiger partial charge in [0.05, 0.1) is 23.4 Å². The Morgan fingerprint density at radius 1 is 1.38 bits per heavy atom. The average Bonchev–Trinajstić information content (AvgIpc) is 3.29. The van der Waals surface area contributed by atoms with E-state index in [1.807, 2.05) is 0 Å². The summed E-state index contributed by atoms with van der Waals surface area (Å²) in [5.41, 5.74) is 0.646. The molecule has 0 saturated carbocycles. The quantitative estimate of drug-likeness (QED) is 0.720. The highest BCUT2D eigenvalue weighted by molar-refractivity contribution is 6.30. The number of nitrogens with zero attached hydrogens (tertiary/aromatic N) is 6. The van der Waals surface area contributed by atoms with E-state index < -0.39 is 5.82 Å². The molecule has 1 fully saturated rings. The molecule has 0 amide bonds. The zero-order valence-corrected chi connectivity index (χ0v) is 14.6. The molecule has 2 aromatic heterocycles. The van der Waals surface area contributed by atoms with Crippen molar-refractivity contribution in [3.8, 4) is 5.69 Å². The van der Waals surface area contributed by atoms with Crippen LogP contribution in [0.15, 0.2) is 30.9 Å². The molecular formula is C16H17ClFN7O. The summed E-state index contributed by atoms with van der Waals surface area (Å²) in [6, 6.07) is 4.48. The standard InChI is InChI=1S/C16H17ClFN7O/c17-13-5-11(1-2-14(13)18)25-16(6-12-7-19-3-4-26-12)22-15(23-25)8-24-10-20-9-21-24/h1-2,5,9-10,12,19H,3-4,6-8H2. The van der Waals surface area contributed by atoms with Gasteiger partial charge in [-0.3, -0.25) is 0 Å². The minimum Gasteiger partial charge on any atom is -0.375 e. The van der Waals surface area contributed by atoms with E-state index >= 15 is 0 Å². The van der Waals surface area contributed by atoms with Gasteiger partial charge in [-0.1, -0.05) is 11.6 Å². The topological polar surface area (TPSA) is 82.7 Å². The van der Waals surface area contributed by atoms with Crippen LogP contribution >= 0.6 is 11.6 Å². The zero-order chi connectivity index (χ0) is 17.9. The predicted molar refractivity (Wildman–Crippen MR) is 91.8 cm³/mol. The van der Waals surface area contributed by atoms with Gasteiger partial charge in [0.2, 0.25) is 0 Å². The highest BCUT2D eigenvalue weighted by atomic mass is 35.5. The van der Waals surface area contributed by atoms with Crippen LogP contribution in [0.5, 0.6) is 0 Å². The van der Waals surface area contributed by atoms with Crippen LogP contribution in [0.2, 0.25) is 5.02 Å². The van der Waals surface area contributed by atoms with Crippen molar-refractivity contribution in [2.75, 3.05) is 19.7 Å². The molecule has 0 spiro atoms. The molecule has 3 heterocycles. The monoisotopic (exact) mass is 377 g/mol. The van der Waals surface area contributed by atoms with Gasteiger partial charge in [-0.05, 0) is 18.2 Å². The summed E-state index contributed by atoms with van der Waals surface area (Å²) in [7, 11) is 0. The Bertz CT molecular complexity index is 877. The van der Waals surface area contributed by atoms with Crippen molar-refractivity contribution in [2.24, 2.45) is 0 Å². The summed E-state index contributed by atoms with van der Waals surface area (Å²) < 4.78 is 22.6. The zero-order valence-electron chi connectivity index (χ0n) is 13.8. The van der Waals surface area contributed by atoms with Crippen LogP contribution in [0.1, 0.15) is 11.6 Å². The molecule has 1 aliphatic heterocycles. The number of halogens is 2. The maximum absolute atomic E-state index is 13.5. The molecule has 26 heavy (non-hydrogen) atoms. The van der Waals surface area contributed by atoms with Crippen LogP contribution < -0.4 is 5.32 Å². The van der Waals surface area contributed by atoms with Crippen LogP contribution in [0.25, 0.3) is 5.69 Å². The van der Waals surface area contributed by atoms with E-state index in [9.17, 15) is 4.39 Å². The smallest absolute Gasteiger partial charge is 0.172 e. The van der Waals surface area contributed by atoms with Crippen LogP contribution in [0.4, 0.5) is 4.39 Å². The van der Waals surface area contributed by atoms with Gasteiger partial charge in [-0.2, -0.15) is 5.10 Å². The Morgan fingerprint density at radius 2 is 2.31 bits per heavy atom. The molecule has 136 valence electrons. The van der Waals surface area contributed by atoms with E-state index in [1.54, 1.807) is 21.8 Å². The van der Waals surface area contributed by atoms with Gasteiger partial charge < -0.3 is 10.1 Å². The van der Waals surface area contributed by atoms with Crippen LogP contribution in [0.3, 0.4) is 0 Å². The summed E-state index contributed by atoms with van der Waals surface area (Å²) in [5, 5.41) is 12.0. The summed E-state index contributed by atoms with van der Waals surface area (Å²) in [5.74, 6) is 0.825. The van der Waals surface area contributed by atoms with E-state index in [0.717, 1.165) is 18.9 Å². The lowest BCUT2D eigenvalue weighted by Gasteiger charge is -2.23. The maximum Gasteiger partial charge on any atom is 0.172 e. The molecule has 0 aliphatic carbocycles. The van der Waals surface area contributed by atoms with E-state index in [1.165, 1.54) is 18.5 Å². The third-order valence-electron chi connectivity index (χ3n) is 4.05. The SMILES string of the molecule is Fc1ccc(-n2nc(Cn3cncn3)nc2CC2CNCCO2)cc1Cl. The molecular weight excluding hydrogens is 361 g/mol. The minimum absolute atomic E-state index is 0.00170. The molecule has 8 nitrogen and oxygen atoms in total. The van der Waals surface area contributed by atoms with E-state index in [-0.39, 0.29) is 11.1 Å². The number of rotatable bonds is 5. The fourth-order valence-corrected chi connectivity index (χ4v) is 3.00. The number of hydrogen-bond donors (Lipinski definition) is 1. The summed E-state index contributed by atoms with van der Waals surface area (Å²) in [6.45, 7) is 2.63. The van der Waals surface area contributed by atoms with Crippen LogP contribution in [-0.2, 0) is 17.7 Å². The van der Waals surface area contributed by atoms with Crippen molar-refractivity contribution in [1.82, 2.24) is 34.8 Å². The predicted octanol–water partition coefficient (Wildman–Crippen LogP) is 1.23. The third kappa shape index (κ3) is 3.74. The fourth-order valence-electron chi connectivity index (χ4n) is 2.83. The lowest BCUT2D eigenvalue weighted by molar-refractivity contribution is 0.0277. The first-order valence-corrected chi connectivity index (χ1v) is 8.62. The fraction of sp³-hybridized carbons (Fsp3) is 0.375. The average molecular weight is 378 g/mol. The molecule has 1 aromatic carbocycles. The molecule has 3 aromatic rings. The Balaban J connectivity index is 1.66. The molecule has 10 heteroatoms. The summed E-state index contributed by atoms with van der Waals surface area (Å²) in [4.78, 5) is 8.55. The molecule has 1 atom stereocenters. The Kier molecular flexibility index (Phi) is 4.91. The minimum atomic E-state index is -0.472. The lowest BCUT2D eigenvalue weighted by atomic mass is 10.2. The van der Waals surface area contributed by atoms with E-state index in [0.29, 0.717) is 31.1 Å². The molecule has 1 aliphatic rings. The first-order chi connectivity index (χ1) is 12.7. The van der Waals surface area contributed by atoms with Crippen molar-refractivity contribution in [2.45, 2.75) is 19.1 Å². The molecule has 0 radical (unpaired) electrons. The number of aromatic nitrogens is 6. The Labute approximate surface area is 154 Å². The van der Waals surface area contributed by atoms with E-state index in [2.05, 4.69) is 25.5 Å². The molecule has 4 rings (SSSR count). The van der Waals surface area contributed by atoms with Gasteiger partial charge >= 0.3 is 0 Å². The van der Waals surface area contributed by atoms with Gasteiger partial charge in [0.1, 0.15) is 30.8 Å². The van der Waals surface area contributed by atoms with Gasteiger partial charge in [0.25, 0.3) is 0 Å². The van der Waals surface area contributed by atoms with Crippen molar-refractivity contribution in [3.05, 3.63) is 53.3 Å². The first-order valence-electron chi connectivity index (χ1n) is 8.24. The number of hydrogen-bond acceptors (Lipinski definition) is 6. The maximum atomic E-state index is 13.5. The van der Waals surface area contributed by atoms with Crippen molar-refractivity contribution in [3.63, 3.8) is 0 Å². The van der Waals surface area contributed by atoms with Gasteiger partial charge in [0, 0.05) is 19.5 Å². The molecule has 1 unspecified atom stereocenters. The second kappa shape index (κ2) is 7.48. The summed E-state index contributed by atoms with van der Waals surface area (Å²) in [6.07, 6.45) is 3.64. The van der Waals surface area contributed by atoms with Crippen molar-refractivity contribution in [1.29, 1.82) is 0 Å². The second-order valence-corrected chi connectivity index (χ2v) is 6.36. The lowest BCUT2D eigenvalue weighted by Crippen LogP contribution is -2.40. The number of benzene rings is 1. The second-order valence-electron chi connectivity index (χ2n) is 5.95. The van der Waals surface area contributed by atoms with Crippen LogP contribution in [-0.4, -0.2) is 55.3 Å². The van der Waals surface area contributed by atoms with Gasteiger partial charge in [-0.15, -0.1) is 5.10 Å². The highest BCUT2D eigenvalue weighted by Gasteiger charge is 2.20. The Morgan fingerprint density at radius 3 is 3.04 bits per heavy atom. The largest absolute Gasteiger partial charge is 0.375 e. The number of ether oxygens (including phenoxy) is 1. The van der Waals surface area contributed by atoms with Gasteiger partial charge in [0.15, 0.2) is 5.82 Å². The normalized spacial score (nSPS) is 17.5. The Hall–Kier alpha value is -2.36. The van der Waals surface area contributed by atoms with Crippen molar-refractivity contribution < 1.29 is 9.13 Å². The molecule has 1 N–H and O–H groups in total. The number of nitrogens with one attached hydrogen (secondary N) is 1. The van der Waals surface area contributed by atoms with Crippen molar-refractivity contribution >= 4 is 11.6 Å². The van der Waals surface area contributed by atoms with Crippen LogP contribution in [0, 0.1) is 5.82 Å². The van der Waals surface area contributed by atoms with E-state index in [4.69, 9.17) is 16.3 Å². The number of morpholine rings is 1. The third-order valence-corrected chi connectivity index (χ3v) is 4.34.